The molecule has 1 aromatic heterocycles. The van der Waals surface area contributed by atoms with E-state index in [9.17, 15) is 0 Å². The van der Waals surface area contributed by atoms with E-state index in [-0.39, 0.29) is 0 Å². The fraction of sp³-hybridized carbons (Fsp3) is 0.133. The fourth-order valence-corrected chi connectivity index (χ4v) is 2.48. The van der Waals surface area contributed by atoms with Gasteiger partial charge in [0.25, 0.3) is 0 Å². The van der Waals surface area contributed by atoms with Gasteiger partial charge in [-0.1, -0.05) is 35.3 Å². The minimum absolute atomic E-state index is 0.581. The summed E-state index contributed by atoms with van der Waals surface area (Å²) in [7, 11) is 1.61. The topological polar surface area (TPSA) is 37.9 Å². The van der Waals surface area contributed by atoms with Gasteiger partial charge in [0, 0.05) is 23.6 Å². The van der Waals surface area contributed by atoms with Gasteiger partial charge in [-0.2, -0.15) is 0 Å². The average Bonchev–Trinajstić information content (AvgIpc) is 2.84. The zero-order valence-electron chi connectivity index (χ0n) is 10.8. The highest BCUT2D eigenvalue weighted by Gasteiger charge is 2.09. The van der Waals surface area contributed by atoms with Gasteiger partial charge in [0.05, 0.1) is 17.6 Å². The molecule has 0 radical (unpaired) electrons. The first kappa shape index (κ1) is 13.3. The van der Waals surface area contributed by atoms with Gasteiger partial charge in [-0.25, -0.2) is 4.98 Å². The summed E-state index contributed by atoms with van der Waals surface area (Å²) in [5, 5.41) is 1.31. The van der Waals surface area contributed by atoms with Gasteiger partial charge in [0.2, 0.25) is 0 Å². The number of nitrogens with one attached hydrogen (secondary N) is 1. The third-order valence-corrected chi connectivity index (χ3v) is 3.62. The van der Waals surface area contributed by atoms with Crippen LogP contribution in [0.1, 0.15) is 11.4 Å². The lowest BCUT2D eigenvalue weighted by Gasteiger charge is -1.99. The van der Waals surface area contributed by atoms with Crippen molar-refractivity contribution >= 4 is 34.2 Å². The van der Waals surface area contributed by atoms with Gasteiger partial charge in [-0.15, -0.1) is 0 Å². The van der Waals surface area contributed by atoms with Crippen LogP contribution in [0.25, 0.3) is 11.0 Å². The number of hydrogen-bond donors (Lipinski definition) is 1. The van der Waals surface area contributed by atoms with Gasteiger partial charge in [0.1, 0.15) is 17.1 Å². The van der Waals surface area contributed by atoms with Gasteiger partial charge in [-0.3, -0.25) is 0 Å². The molecule has 3 nitrogen and oxygen atoms in total. The number of hydrogen-bond acceptors (Lipinski definition) is 2. The molecule has 3 aromatic rings. The zero-order valence-corrected chi connectivity index (χ0v) is 12.3. The number of fused-ring (bicyclic) bond motifs is 1. The number of rotatable bonds is 3. The van der Waals surface area contributed by atoms with Crippen molar-refractivity contribution in [3.63, 3.8) is 0 Å². The van der Waals surface area contributed by atoms with Crippen LogP contribution < -0.4 is 4.74 Å². The minimum Gasteiger partial charge on any atom is -0.497 e. The maximum absolute atomic E-state index is 6.20. The number of methoxy groups -OCH3 is 1. The second-order valence-electron chi connectivity index (χ2n) is 4.49. The fourth-order valence-electron chi connectivity index (χ4n) is 2.10. The summed E-state index contributed by atoms with van der Waals surface area (Å²) < 4.78 is 5.20. The molecule has 0 bridgehead atoms. The average molecular weight is 307 g/mol. The molecule has 20 heavy (non-hydrogen) atoms. The van der Waals surface area contributed by atoms with Crippen molar-refractivity contribution in [1.29, 1.82) is 0 Å². The number of aromatic nitrogens is 2. The van der Waals surface area contributed by atoms with Crippen molar-refractivity contribution < 1.29 is 4.74 Å². The molecule has 1 heterocycles. The van der Waals surface area contributed by atoms with E-state index in [0.29, 0.717) is 17.2 Å². The van der Waals surface area contributed by atoms with Crippen LogP contribution in [-0.4, -0.2) is 17.1 Å². The molecule has 102 valence electrons. The molecular formula is C15H12Cl2N2O. The Hall–Kier alpha value is -1.71. The predicted molar refractivity (Wildman–Crippen MR) is 81.9 cm³/mol. The summed E-state index contributed by atoms with van der Waals surface area (Å²) in [6.45, 7) is 0. The molecule has 2 aromatic carbocycles. The standard InChI is InChI=1S/C15H12Cl2N2O/c1-20-11-7-12(17)15-13(8-11)18-14(19-15)6-9-2-4-10(16)5-3-9/h2-5,7-8H,6H2,1H3,(H,18,19). The largest absolute Gasteiger partial charge is 0.497 e. The molecule has 0 atom stereocenters. The minimum atomic E-state index is 0.581. The Morgan fingerprint density at radius 3 is 2.60 bits per heavy atom. The second-order valence-corrected chi connectivity index (χ2v) is 5.34. The van der Waals surface area contributed by atoms with Crippen molar-refractivity contribution in [3.05, 3.63) is 57.8 Å². The molecule has 1 N–H and O–H groups in total. The molecule has 0 amide bonds. The monoisotopic (exact) mass is 306 g/mol. The first-order valence-electron chi connectivity index (χ1n) is 6.12. The smallest absolute Gasteiger partial charge is 0.122 e. The Kier molecular flexibility index (Phi) is 3.55. The van der Waals surface area contributed by atoms with Crippen LogP contribution in [0.15, 0.2) is 36.4 Å². The van der Waals surface area contributed by atoms with E-state index in [4.69, 9.17) is 27.9 Å². The normalized spacial score (nSPS) is 10.9. The molecular weight excluding hydrogens is 295 g/mol. The lowest BCUT2D eigenvalue weighted by molar-refractivity contribution is 0.415. The van der Waals surface area contributed by atoms with E-state index >= 15 is 0 Å². The maximum Gasteiger partial charge on any atom is 0.122 e. The number of ether oxygens (including phenoxy) is 1. The van der Waals surface area contributed by atoms with Crippen molar-refractivity contribution in [2.75, 3.05) is 7.11 Å². The summed E-state index contributed by atoms with van der Waals surface area (Å²) in [6, 6.07) is 11.4. The first-order valence-corrected chi connectivity index (χ1v) is 6.88. The highest BCUT2D eigenvalue weighted by molar-refractivity contribution is 6.35. The Bertz CT molecular complexity index is 750. The number of H-pyrrole nitrogens is 1. The summed E-state index contributed by atoms with van der Waals surface area (Å²) in [6.07, 6.45) is 0.699. The molecule has 0 unspecified atom stereocenters. The molecule has 0 aliphatic heterocycles. The van der Waals surface area contributed by atoms with Gasteiger partial charge in [-0.05, 0) is 17.7 Å². The Morgan fingerprint density at radius 2 is 1.90 bits per heavy atom. The lowest BCUT2D eigenvalue weighted by Crippen LogP contribution is -1.89. The highest BCUT2D eigenvalue weighted by atomic mass is 35.5. The number of halogens is 2. The van der Waals surface area contributed by atoms with Crippen molar-refractivity contribution in [1.82, 2.24) is 9.97 Å². The molecule has 0 spiro atoms. The van der Waals surface area contributed by atoms with Gasteiger partial charge >= 0.3 is 0 Å². The van der Waals surface area contributed by atoms with Crippen molar-refractivity contribution in [3.8, 4) is 5.75 Å². The molecule has 0 saturated heterocycles. The van der Waals surface area contributed by atoms with Crippen LogP contribution in [0.5, 0.6) is 5.75 Å². The molecule has 0 aliphatic rings. The molecule has 5 heteroatoms. The van der Waals surface area contributed by atoms with Crippen LogP contribution >= 0.6 is 23.2 Å². The Morgan fingerprint density at radius 1 is 1.15 bits per heavy atom. The van der Waals surface area contributed by atoms with E-state index in [1.54, 1.807) is 13.2 Å². The van der Waals surface area contributed by atoms with Gasteiger partial charge < -0.3 is 9.72 Å². The van der Waals surface area contributed by atoms with Crippen molar-refractivity contribution in [2.45, 2.75) is 6.42 Å². The van der Waals surface area contributed by atoms with Crippen molar-refractivity contribution in [2.24, 2.45) is 0 Å². The quantitative estimate of drug-likeness (QED) is 0.775. The SMILES string of the molecule is COc1cc(Cl)c2nc(Cc3ccc(Cl)cc3)[nH]c2c1. The maximum atomic E-state index is 6.20. The van der Waals surface area contributed by atoms with Gasteiger partial charge in [0.15, 0.2) is 0 Å². The van der Waals surface area contributed by atoms with Crippen LogP contribution in [0, 0.1) is 0 Å². The van der Waals surface area contributed by atoms with Crippen LogP contribution in [-0.2, 0) is 6.42 Å². The van der Waals surface area contributed by atoms with E-state index in [0.717, 1.165) is 27.4 Å². The lowest BCUT2D eigenvalue weighted by atomic mass is 10.1. The van der Waals surface area contributed by atoms with Crippen LogP contribution in [0.4, 0.5) is 0 Å². The Labute approximate surface area is 126 Å². The molecule has 0 fully saturated rings. The zero-order chi connectivity index (χ0) is 14.1. The summed E-state index contributed by atoms with van der Waals surface area (Å²) in [5.41, 5.74) is 2.77. The van der Waals surface area contributed by atoms with Crippen LogP contribution in [0.3, 0.4) is 0 Å². The van der Waals surface area contributed by atoms with E-state index in [2.05, 4.69) is 9.97 Å². The van der Waals surface area contributed by atoms with E-state index < -0.39 is 0 Å². The molecule has 3 rings (SSSR count). The second kappa shape index (κ2) is 5.35. The molecule has 0 aliphatic carbocycles. The van der Waals surface area contributed by atoms with Crippen LogP contribution in [0.2, 0.25) is 10.0 Å². The number of benzene rings is 2. The van der Waals surface area contributed by atoms with E-state index in [1.807, 2.05) is 30.3 Å². The first-order chi connectivity index (χ1) is 9.65. The van der Waals surface area contributed by atoms with E-state index in [1.165, 1.54) is 0 Å². The third-order valence-electron chi connectivity index (χ3n) is 3.08. The Balaban J connectivity index is 1.96. The number of imidazole rings is 1. The summed E-state index contributed by atoms with van der Waals surface area (Å²) in [4.78, 5) is 7.80. The molecule has 0 saturated carbocycles. The summed E-state index contributed by atoms with van der Waals surface area (Å²) in [5.74, 6) is 1.57. The number of aromatic amines is 1. The number of nitrogens with zero attached hydrogens (tertiary/aromatic N) is 1. The third kappa shape index (κ3) is 2.60. The highest BCUT2D eigenvalue weighted by Crippen LogP contribution is 2.28. The summed E-state index contributed by atoms with van der Waals surface area (Å²) >= 11 is 12.1. The predicted octanol–water partition coefficient (Wildman–Crippen LogP) is 4.47.